The number of amides is 1. The number of nitrogens with zero attached hydrogens (tertiary/aromatic N) is 2. The summed E-state index contributed by atoms with van der Waals surface area (Å²) in [5.74, 6) is 5.24. The summed E-state index contributed by atoms with van der Waals surface area (Å²) in [7, 11) is 0. The van der Waals surface area contributed by atoms with Crippen LogP contribution >= 0.6 is 0 Å². The minimum atomic E-state index is -0.317. The van der Waals surface area contributed by atoms with Crippen molar-refractivity contribution in [1.82, 2.24) is 9.97 Å². The predicted molar refractivity (Wildman–Crippen MR) is 77.1 cm³/mol. The van der Waals surface area contributed by atoms with Crippen LogP contribution in [0, 0.1) is 18.8 Å². The maximum absolute atomic E-state index is 12.2. The van der Waals surface area contributed by atoms with Crippen LogP contribution in [0.4, 0.5) is 5.69 Å². The molecule has 0 atom stereocenters. The van der Waals surface area contributed by atoms with Crippen LogP contribution in [0.2, 0.25) is 0 Å². The Hall–Kier alpha value is -2.71. The first kappa shape index (κ1) is 13.7. The zero-order valence-electron chi connectivity index (χ0n) is 11.1. The summed E-state index contributed by atoms with van der Waals surface area (Å²) in [5.41, 5.74) is 7.57. The van der Waals surface area contributed by atoms with E-state index in [2.05, 4.69) is 27.1 Å². The molecule has 0 fully saturated rings. The minimum absolute atomic E-state index is 0.234. The largest absolute Gasteiger partial charge is 0.320 e. The Morgan fingerprint density at radius 3 is 2.80 bits per heavy atom. The molecule has 100 valence electrons. The van der Waals surface area contributed by atoms with Gasteiger partial charge in [-0.15, -0.1) is 0 Å². The van der Waals surface area contributed by atoms with E-state index < -0.39 is 0 Å². The smallest absolute Gasteiger partial charge is 0.275 e. The Balaban J connectivity index is 2.28. The molecule has 0 aliphatic rings. The number of nitrogens with one attached hydrogen (secondary N) is 1. The number of aryl methyl sites for hydroxylation is 1. The van der Waals surface area contributed by atoms with Gasteiger partial charge in [0.2, 0.25) is 0 Å². The van der Waals surface area contributed by atoms with E-state index in [1.807, 2.05) is 6.92 Å². The minimum Gasteiger partial charge on any atom is -0.320 e. The third kappa shape index (κ3) is 3.19. The van der Waals surface area contributed by atoms with Gasteiger partial charge in [-0.1, -0.05) is 11.8 Å². The summed E-state index contributed by atoms with van der Waals surface area (Å²) in [6, 6.07) is 7.01. The van der Waals surface area contributed by atoms with E-state index in [1.165, 1.54) is 0 Å². The van der Waals surface area contributed by atoms with Crippen molar-refractivity contribution in [2.45, 2.75) is 6.92 Å². The maximum atomic E-state index is 12.2. The van der Waals surface area contributed by atoms with Gasteiger partial charge in [0.25, 0.3) is 5.91 Å². The number of rotatable bonds is 2. The van der Waals surface area contributed by atoms with Crippen molar-refractivity contribution in [1.29, 1.82) is 0 Å². The Morgan fingerprint density at radius 1 is 1.30 bits per heavy atom. The molecule has 0 spiro atoms. The molecule has 0 saturated heterocycles. The van der Waals surface area contributed by atoms with Gasteiger partial charge >= 0.3 is 0 Å². The second-order valence-electron chi connectivity index (χ2n) is 4.00. The molecule has 0 radical (unpaired) electrons. The molecule has 2 heterocycles. The van der Waals surface area contributed by atoms with Gasteiger partial charge in [0.15, 0.2) is 0 Å². The Bertz CT molecular complexity index is 686. The lowest BCUT2D eigenvalue weighted by molar-refractivity contribution is 0.102. The SMILES string of the molecule is Cc1ncccc1NC(=O)c1ncccc1C#CCN. The van der Waals surface area contributed by atoms with Gasteiger partial charge in [-0.2, -0.15) is 0 Å². The number of anilines is 1. The molecular weight excluding hydrogens is 252 g/mol. The van der Waals surface area contributed by atoms with Crippen LogP contribution in [0.1, 0.15) is 21.7 Å². The van der Waals surface area contributed by atoms with Crippen molar-refractivity contribution in [2.75, 3.05) is 11.9 Å². The summed E-state index contributed by atoms with van der Waals surface area (Å²) >= 11 is 0. The quantitative estimate of drug-likeness (QED) is 0.804. The molecule has 0 aliphatic carbocycles. The molecule has 2 aromatic rings. The zero-order chi connectivity index (χ0) is 14.4. The van der Waals surface area contributed by atoms with Crippen LogP contribution in [0.15, 0.2) is 36.7 Å². The molecule has 2 rings (SSSR count). The predicted octanol–water partition coefficient (Wildman–Crippen LogP) is 1.35. The Morgan fingerprint density at radius 2 is 2.05 bits per heavy atom. The highest BCUT2D eigenvalue weighted by Gasteiger charge is 2.12. The van der Waals surface area contributed by atoms with E-state index in [4.69, 9.17) is 5.73 Å². The van der Waals surface area contributed by atoms with Crippen LogP contribution in [0.3, 0.4) is 0 Å². The van der Waals surface area contributed by atoms with Gasteiger partial charge < -0.3 is 11.1 Å². The molecule has 5 nitrogen and oxygen atoms in total. The molecule has 2 aromatic heterocycles. The number of aromatic nitrogens is 2. The third-order valence-electron chi connectivity index (χ3n) is 2.60. The fraction of sp³-hybridized carbons (Fsp3) is 0.133. The molecule has 5 heteroatoms. The van der Waals surface area contributed by atoms with Gasteiger partial charge in [-0.3, -0.25) is 9.78 Å². The number of carbonyl (C=O) groups is 1. The van der Waals surface area contributed by atoms with Gasteiger partial charge in [0.05, 0.1) is 23.5 Å². The summed E-state index contributed by atoms with van der Waals surface area (Å²) in [6.45, 7) is 2.06. The summed E-state index contributed by atoms with van der Waals surface area (Å²) in [6.07, 6.45) is 3.22. The molecule has 0 unspecified atom stereocenters. The molecule has 3 N–H and O–H groups in total. The maximum Gasteiger partial charge on any atom is 0.275 e. The fourth-order valence-electron chi connectivity index (χ4n) is 1.63. The van der Waals surface area contributed by atoms with Crippen molar-refractivity contribution in [3.63, 3.8) is 0 Å². The highest BCUT2D eigenvalue weighted by atomic mass is 16.1. The first-order valence-electron chi connectivity index (χ1n) is 6.09. The van der Waals surface area contributed by atoms with Gasteiger partial charge in [-0.25, -0.2) is 4.98 Å². The second kappa shape index (κ2) is 6.45. The van der Waals surface area contributed by atoms with E-state index in [1.54, 1.807) is 36.7 Å². The topological polar surface area (TPSA) is 80.9 Å². The zero-order valence-corrected chi connectivity index (χ0v) is 11.1. The molecule has 0 aromatic carbocycles. The van der Waals surface area contributed by atoms with Gasteiger partial charge in [0, 0.05) is 12.4 Å². The van der Waals surface area contributed by atoms with Crippen LogP contribution in [-0.4, -0.2) is 22.4 Å². The number of pyridine rings is 2. The molecule has 1 amide bonds. The van der Waals surface area contributed by atoms with E-state index in [0.717, 1.165) is 5.69 Å². The lowest BCUT2D eigenvalue weighted by Crippen LogP contribution is -2.16. The van der Waals surface area contributed by atoms with Crippen molar-refractivity contribution in [3.05, 3.63) is 53.6 Å². The number of carbonyl (C=O) groups excluding carboxylic acids is 1. The standard InChI is InChI=1S/C15H14N4O/c1-11-13(7-4-9-17-11)19-15(20)14-12(5-2-8-16)6-3-10-18-14/h3-4,6-7,9-10H,8,16H2,1H3,(H,19,20). The monoisotopic (exact) mass is 266 g/mol. The average molecular weight is 266 g/mol. The highest BCUT2D eigenvalue weighted by Crippen LogP contribution is 2.13. The van der Waals surface area contributed by atoms with Gasteiger partial charge in [-0.05, 0) is 31.2 Å². The van der Waals surface area contributed by atoms with E-state index >= 15 is 0 Å². The molecular formula is C15H14N4O. The summed E-state index contributed by atoms with van der Waals surface area (Å²) in [5, 5.41) is 2.78. The Labute approximate surface area is 117 Å². The van der Waals surface area contributed by atoms with Gasteiger partial charge in [0.1, 0.15) is 5.69 Å². The first-order valence-corrected chi connectivity index (χ1v) is 6.09. The normalized spacial score (nSPS) is 9.50. The number of nitrogens with two attached hydrogens (primary N) is 1. The third-order valence-corrected chi connectivity index (χ3v) is 2.60. The van der Waals surface area contributed by atoms with Crippen molar-refractivity contribution >= 4 is 11.6 Å². The van der Waals surface area contributed by atoms with Crippen molar-refractivity contribution in [2.24, 2.45) is 5.73 Å². The van der Waals surface area contributed by atoms with Crippen LogP contribution in [0.25, 0.3) is 0 Å². The number of hydrogen-bond donors (Lipinski definition) is 2. The lowest BCUT2D eigenvalue weighted by Gasteiger charge is -2.07. The highest BCUT2D eigenvalue weighted by molar-refractivity contribution is 6.04. The molecule has 0 saturated carbocycles. The molecule has 0 bridgehead atoms. The summed E-state index contributed by atoms with van der Waals surface area (Å²) < 4.78 is 0. The fourth-order valence-corrected chi connectivity index (χ4v) is 1.63. The average Bonchev–Trinajstić information content (AvgIpc) is 2.47. The first-order chi connectivity index (χ1) is 9.72. The van der Waals surface area contributed by atoms with Crippen LogP contribution in [-0.2, 0) is 0 Å². The summed E-state index contributed by atoms with van der Waals surface area (Å²) in [4.78, 5) is 20.4. The van der Waals surface area contributed by atoms with E-state index in [-0.39, 0.29) is 18.1 Å². The Kier molecular flexibility index (Phi) is 4.43. The van der Waals surface area contributed by atoms with Crippen molar-refractivity contribution < 1.29 is 4.79 Å². The van der Waals surface area contributed by atoms with Crippen LogP contribution in [0.5, 0.6) is 0 Å². The second-order valence-corrected chi connectivity index (χ2v) is 4.00. The lowest BCUT2D eigenvalue weighted by atomic mass is 10.2. The molecule has 0 aliphatic heterocycles. The van der Waals surface area contributed by atoms with Crippen LogP contribution < -0.4 is 11.1 Å². The number of hydrogen-bond acceptors (Lipinski definition) is 4. The van der Waals surface area contributed by atoms with Crippen molar-refractivity contribution in [3.8, 4) is 11.8 Å². The van der Waals surface area contributed by atoms with E-state index in [0.29, 0.717) is 11.3 Å². The van der Waals surface area contributed by atoms with E-state index in [9.17, 15) is 4.79 Å². The molecule has 20 heavy (non-hydrogen) atoms.